The molecule has 0 bridgehead atoms. The van der Waals surface area contributed by atoms with Crippen molar-refractivity contribution in [1.29, 1.82) is 0 Å². The van der Waals surface area contributed by atoms with Gasteiger partial charge in [-0.2, -0.15) is 0 Å². The first-order valence-corrected chi connectivity index (χ1v) is 11.1. The summed E-state index contributed by atoms with van der Waals surface area (Å²) in [5.74, 6) is -5.20. The number of benzene rings is 1. The molecule has 5 unspecified atom stereocenters. The average molecular weight is 495 g/mol. The molecular formula is C23H34N4O8. The fraction of sp³-hybridized carbons (Fsp3) is 0.522. The zero-order chi connectivity index (χ0) is 26.7. The Morgan fingerprint density at radius 1 is 0.857 bits per heavy atom. The highest BCUT2D eigenvalue weighted by atomic mass is 16.4. The first kappa shape index (κ1) is 29.5. The summed E-state index contributed by atoms with van der Waals surface area (Å²) in [7, 11) is 0. The van der Waals surface area contributed by atoms with Crippen molar-refractivity contribution in [3.63, 3.8) is 0 Å². The monoisotopic (exact) mass is 494 g/mol. The molecule has 1 aromatic rings. The van der Waals surface area contributed by atoms with Gasteiger partial charge in [-0.05, 0) is 24.8 Å². The molecular weight excluding hydrogens is 460 g/mol. The smallest absolute Gasteiger partial charge is 0.328 e. The van der Waals surface area contributed by atoms with Gasteiger partial charge in [0.2, 0.25) is 17.7 Å². The van der Waals surface area contributed by atoms with Gasteiger partial charge in [-0.1, -0.05) is 44.2 Å². The fourth-order valence-corrected chi connectivity index (χ4v) is 3.24. The lowest BCUT2D eigenvalue weighted by Gasteiger charge is -2.26. The number of carboxylic acid groups (broad SMARTS) is 2. The van der Waals surface area contributed by atoms with Crippen LogP contribution in [0.5, 0.6) is 0 Å². The number of hydrogen-bond acceptors (Lipinski definition) is 7. The number of amides is 3. The zero-order valence-corrected chi connectivity index (χ0v) is 19.9. The lowest BCUT2D eigenvalue weighted by molar-refractivity contribution is -0.145. The minimum Gasteiger partial charge on any atom is -0.481 e. The number of hydrogen-bond donors (Lipinski definition) is 7. The van der Waals surface area contributed by atoms with E-state index in [2.05, 4.69) is 16.0 Å². The molecule has 12 nitrogen and oxygen atoms in total. The van der Waals surface area contributed by atoms with Crippen LogP contribution in [0.15, 0.2) is 30.3 Å². The number of aliphatic carboxylic acids is 2. The Hall–Kier alpha value is -3.51. The number of nitrogens with one attached hydrogen (secondary N) is 3. The molecule has 0 aliphatic carbocycles. The van der Waals surface area contributed by atoms with Gasteiger partial charge < -0.3 is 37.0 Å². The van der Waals surface area contributed by atoms with Crippen LogP contribution in [0.3, 0.4) is 0 Å². The summed E-state index contributed by atoms with van der Waals surface area (Å²) in [5, 5.41) is 35.0. The summed E-state index contributed by atoms with van der Waals surface area (Å²) >= 11 is 0. The Kier molecular flexibility index (Phi) is 11.8. The summed E-state index contributed by atoms with van der Waals surface area (Å²) < 4.78 is 0. The first-order chi connectivity index (χ1) is 16.3. The first-order valence-electron chi connectivity index (χ1n) is 11.1. The number of nitrogens with two attached hydrogens (primary N) is 1. The number of aliphatic hydroxyl groups excluding tert-OH is 1. The second-order valence-electron chi connectivity index (χ2n) is 8.71. The number of carboxylic acids is 2. The maximum Gasteiger partial charge on any atom is 0.328 e. The lowest BCUT2D eigenvalue weighted by Crippen LogP contribution is -2.59. The van der Waals surface area contributed by atoms with Gasteiger partial charge in [-0.15, -0.1) is 0 Å². The molecule has 0 saturated heterocycles. The summed E-state index contributed by atoms with van der Waals surface area (Å²) in [6, 6.07) is 3.36. The second-order valence-corrected chi connectivity index (χ2v) is 8.71. The maximum absolute atomic E-state index is 13.1. The molecule has 0 saturated carbocycles. The van der Waals surface area contributed by atoms with Gasteiger partial charge in [0.1, 0.15) is 12.1 Å². The molecule has 0 aliphatic heterocycles. The van der Waals surface area contributed by atoms with E-state index in [9.17, 15) is 34.2 Å². The van der Waals surface area contributed by atoms with Crippen LogP contribution in [0, 0.1) is 5.92 Å². The molecule has 0 aliphatic rings. The minimum absolute atomic E-state index is 0.0274. The van der Waals surface area contributed by atoms with E-state index in [4.69, 9.17) is 10.8 Å². The van der Waals surface area contributed by atoms with Gasteiger partial charge >= 0.3 is 11.9 Å². The van der Waals surface area contributed by atoms with Crippen LogP contribution in [0.1, 0.15) is 39.2 Å². The van der Waals surface area contributed by atoms with E-state index in [1.807, 2.05) is 0 Å². The van der Waals surface area contributed by atoms with E-state index < -0.39 is 66.4 Å². The normalized spacial score (nSPS) is 15.3. The second kappa shape index (κ2) is 14.0. The van der Waals surface area contributed by atoms with Crippen LogP contribution in [-0.4, -0.2) is 75.3 Å². The Balaban J connectivity index is 3.11. The van der Waals surface area contributed by atoms with Gasteiger partial charge in [-0.3, -0.25) is 19.2 Å². The Morgan fingerprint density at radius 2 is 1.40 bits per heavy atom. The van der Waals surface area contributed by atoms with Crippen LogP contribution in [-0.2, 0) is 30.4 Å². The third-order valence-corrected chi connectivity index (χ3v) is 5.03. The van der Waals surface area contributed by atoms with Gasteiger partial charge in [0, 0.05) is 6.42 Å². The van der Waals surface area contributed by atoms with Crippen molar-refractivity contribution in [3.8, 4) is 0 Å². The topological polar surface area (TPSA) is 208 Å². The molecule has 8 N–H and O–H groups in total. The number of carbonyl (C=O) groups excluding carboxylic acids is 3. The van der Waals surface area contributed by atoms with Crippen molar-refractivity contribution in [2.45, 2.75) is 70.3 Å². The zero-order valence-electron chi connectivity index (χ0n) is 19.9. The van der Waals surface area contributed by atoms with Crippen LogP contribution in [0.2, 0.25) is 0 Å². The van der Waals surface area contributed by atoms with Crippen molar-refractivity contribution in [2.75, 3.05) is 0 Å². The standard InChI is InChI=1S/C23H34N4O8/c1-12(2)9-16(22(33)27-19(13(3)28)23(34)35)26-21(32)17(10-14-7-5-4-6-8-14)25-20(31)15(24)11-18(29)30/h4-8,12-13,15-17,19,28H,9-11,24H2,1-3H3,(H,25,31)(H,26,32)(H,27,33)(H,29,30)(H,34,35). The predicted octanol–water partition coefficient (Wildman–Crippen LogP) is -1.00. The third-order valence-electron chi connectivity index (χ3n) is 5.03. The van der Waals surface area contributed by atoms with Crippen LogP contribution >= 0.6 is 0 Å². The lowest BCUT2D eigenvalue weighted by atomic mass is 10.00. The molecule has 3 amide bonds. The van der Waals surface area contributed by atoms with Crippen LogP contribution < -0.4 is 21.7 Å². The Morgan fingerprint density at radius 3 is 1.89 bits per heavy atom. The van der Waals surface area contributed by atoms with E-state index in [0.29, 0.717) is 5.56 Å². The number of carbonyl (C=O) groups is 5. The molecule has 194 valence electrons. The van der Waals surface area contributed by atoms with Crippen molar-refractivity contribution >= 4 is 29.7 Å². The molecule has 0 spiro atoms. The van der Waals surface area contributed by atoms with Gasteiger partial charge in [0.15, 0.2) is 6.04 Å². The summed E-state index contributed by atoms with van der Waals surface area (Å²) in [5.41, 5.74) is 6.30. The molecule has 35 heavy (non-hydrogen) atoms. The Labute approximate surface area is 203 Å². The minimum atomic E-state index is -1.58. The molecule has 0 fully saturated rings. The summed E-state index contributed by atoms with van der Waals surface area (Å²) in [4.78, 5) is 60.6. The highest BCUT2D eigenvalue weighted by molar-refractivity contribution is 5.95. The van der Waals surface area contributed by atoms with Crippen molar-refractivity contribution in [3.05, 3.63) is 35.9 Å². The fourth-order valence-electron chi connectivity index (χ4n) is 3.24. The quantitative estimate of drug-likeness (QED) is 0.169. The Bertz CT molecular complexity index is 891. The van der Waals surface area contributed by atoms with E-state index in [-0.39, 0.29) is 18.8 Å². The molecule has 0 radical (unpaired) electrons. The number of rotatable bonds is 14. The maximum atomic E-state index is 13.1. The molecule has 0 aromatic heterocycles. The van der Waals surface area contributed by atoms with Gasteiger partial charge in [0.25, 0.3) is 0 Å². The molecule has 1 rings (SSSR count). The highest BCUT2D eigenvalue weighted by Crippen LogP contribution is 2.09. The van der Waals surface area contributed by atoms with Gasteiger partial charge in [0.05, 0.1) is 18.6 Å². The summed E-state index contributed by atoms with van der Waals surface area (Å²) in [6.45, 7) is 4.80. The van der Waals surface area contributed by atoms with Gasteiger partial charge in [-0.25, -0.2) is 4.79 Å². The predicted molar refractivity (Wildman–Crippen MR) is 125 cm³/mol. The summed E-state index contributed by atoms with van der Waals surface area (Å²) in [6.07, 6.45) is -1.85. The molecule has 12 heteroatoms. The van der Waals surface area contributed by atoms with E-state index in [1.54, 1.807) is 44.2 Å². The van der Waals surface area contributed by atoms with Crippen LogP contribution in [0.4, 0.5) is 0 Å². The average Bonchev–Trinajstić information content (AvgIpc) is 2.75. The highest BCUT2D eigenvalue weighted by Gasteiger charge is 2.32. The molecule has 1 aromatic carbocycles. The van der Waals surface area contributed by atoms with E-state index >= 15 is 0 Å². The largest absolute Gasteiger partial charge is 0.481 e. The van der Waals surface area contributed by atoms with Crippen molar-refractivity contribution in [2.24, 2.45) is 11.7 Å². The number of aliphatic hydroxyl groups is 1. The molecule has 5 atom stereocenters. The third kappa shape index (κ3) is 10.5. The van der Waals surface area contributed by atoms with Crippen molar-refractivity contribution in [1.82, 2.24) is 16.0 Å². The molecule has 0 heterocycles. The SMILES string of the molecule is CC(C)CC(NC(=O)C(Cc1ccccc1)NC(=O)C(N)CC(=O)O)C(=O)NC(C(=O)O)C(C)O. The van der Waals surface area contributed by atoms with Crippen molar-refractivity contribution < 1.29 is 39.3 Å². The van der Waals surface area contributed by atoms with E-state index in [1.165, 1.54) is 6.92 Å². The van der Waals surface area contributed by atoms with E-state index in [0.717, 1.165) is 0 Å². The van der Waals surface area contributed by atoms with Crippen LogP contribution in [0.25, 0.3) is 0 Å².